The molecule has 128 valence electrons. The summed E-state index contributed by atoms with van der Waals surface area (Å²) in [4.78, 5) is 2.03. The lowest BCUT2D eigenvalue weighted by atomic mass is 10.1. The molecule has 0 amide bonds. The first-order chi connectivity index (χ1) is 11.0. The number of nitrogens with zero attached hydrogens (tertiary/aromatic N) is 3. The van der Waals surface area contributed by atoms with E-state index in [2.05, 4.69) is 0 Å². The smallest absolute Gasteiger partial charge is 0.282 e. The Morgan fingerprint density at radius 3 is 2.43 bits per heavy atom. The molecule has 0 N–H and O–H groups in total. The van der Waals surface area contributed by atoms with E-state index in [0.29, 0.717) is 25.6 Å². The van der Waals surface area contributed by atoms with E-state index in [1.165, 1.54) is 6.42 Å². The number of hydrogen-bond acceptors (Lipinski definition) is 3. The van der Waals surface area contributed by atoms with Crippen LogP contribution >= 0.6 is 0 Å². The molecule has 2 aliphatic rings. The second-order valence-electron chi connectivity index (χ2n) is 7.03. The molecule has 1 aromatic carbocycles. The fourth-order valence-corrected chi connectivity index (χ4v) is 5.57. The zero-order chi connectivity index (χ0) is 16.4. The Balaban J connectivity index is 1.78. The summed E-state index contributed by atoms with van der Waals surface area (Å²) in [6.07, 6.45) is 3.26. The lowest BCUT2D eigenvalue weighted by Gasteiger charge is -2.33. The van der Waals surface area contributed by atoms with Crippen LogP contribution in [0.2, 0.25) is 0 Å². The van der Waals surface area contributed by atoms with Crippen LogP contribution in [0, 0.1) is 5.92 Å². The molecule has 0 aromatic heterocycles. The summed E-state index contributed by atoms with van der Waals surface area (Å²) in [7, 11) is 0.569. The zero-order valence-electron chi connectivity index (χ0n) is 14.1. The Kier molecular flexibility index (Phi) is 5.06. The largest absolute Gasteiger partial charge is 0.308 e. The number of likely N-dealkylation sites (N-methyl/N-ethyl adjacent to an activating group) is 1. The van der Waals surface area contributed by atoms with Crippen molar-refractivity contribution < 1.29 is 8.42 Å². The predicted molar refractivity (Wildman–Crippen MR) is 92.2 cm³/mol. The highest BCUT2D eigenvalue weighted by atomic mass is 32.2. The Hall–Kier alpha value is -0.950. The summed E-state index contributed by atoms with van der Waals surface area (Å²) in [5, 5.41) is 0. The molecule has 1 aliphatic carbocycles. The highest BCUT2D eigenvalue weighted by molar-refractivity contribution is 7.86. The summed E-state index contributed by atoms with van der Waals surface area (Å²) >= 11 is 0. The van der Waals surface area contributed by atoms with Crippen molar-refractivity contribution in [3.63, 3.8) is 0 Å². The van der Waals surface area contributed by atoms with Gasteiger partial charge in [0.2, 0.25) is 0 Å². The van der Waals surface area contributed by atoms with Gasteiger partial charge >= 0.3 is 0 Å². The molecule has 1 aliphatic heterocycles. The quantitative estimate of drug-likeness (QED) is 0.762. The molecule has 2 unspecified atom stereocenters. The monoisotopic (exact) mass is 337 g/mol. The van der Waals surface area contributed by atoms with Gasteiger partial charge in [0.1, 0.15) is 0 Å². The third-order valence-electron chi connectivity index (χ3n) is 4.98. The first kappa shape index (κ1) is 16.9. The van der Waals surface area contributed by atoms with Gasteiger partial charge in [0, 0.05) is 32.2 Å². The highest BCUT2D eigenvalue weighted by Gasteiger charge is 2.45. The maximum absolute atomic E-state index is 13.2. The average molecular weight is 337 g/mol. The van der Waals surface area contributed by atoms with Crippen LogP contribution in [0.1, 0.15) is 24.8 Å². The molecule has 1 saturated carbocycles. The van der Waals surface area contributed by atoms with Gasteiger partial charge in [-0.3, -0.25) is 0 Å². The summed E-state index contributed by atoms with van der Waals surface area (Å²) in [6, 6.07) is 10.1. The molecule has 23 heavy (non-hydrogen) atoms. The van der Waals surface area contributed by atoms with Crippen LogP contribution in [0.4, 0.5) is 0 Å². The molecule has 2 bridgehead atoms. The van der Waals surface area contributed by atoms with E-state index in [-0.39, 0.29) is 6.04 Å². The lowest BCUT2D eigenvalue weighted by molar-refractivity contribution is 0.274. The number of benzene rings is 1. The summed E-state index contributed by atoms with van der Waals surface area (Å²) < 4.78 is 29.8. The third-order valence-corrected chi connectivity index (χ3v) is 6.98. The topological polar surface area (TPSA) is 43.9 Å². The number of hydrogen-bond donors (Lipinski definition) is 0. The zero-order valence-corrected chi connectivity index (χ0v) is 14.9. The van der Waals surface area contributed by atoms with Gasteiger partial charge in [0.15, 0.2) is 0 Å². The molecule has 5 nitrogen and oxygen atoms in total. The van der Waals surface area contributed by atoms with Gasteiger partial charge in [-0.1, -0.05) is 30.3 Å². The van der Waals surface area contributed by atoms with Crippen molar-refractivity contribution in [1.29, 1.82) is 0 Å². The maximum Gasteiger partial charge on any atom is 0.282 e. The Morgan fingerprint density at radius 2 is 1.87 bits per heavy atom. The van der Waals surface area contributed by atoms with Crippen LogP contribution in [0.3, 0.4) is 0 Å². The molecule has 6 heteroatoms. The van der Waals surface area contributed by atoms with Gasteiger partial charge in [-0.2, -0.15) is 17.0 Å². The van der Waals surface area contributed by atoms with Crippen molar-refractivity contribution >= 4 is 10.2 Å². The van der Waals surface area contributed by atoms with E-state index < -0.39 is 10.2 Å². The predicted octanol–water partition coefficient (Wildman–Crippen LogP) is 1.78. The minimum atomic E-state index is -3.39. The fraction of sp³-hybridized carbons (Fsp3) is 0.647. The third kappa shape index (κ3) is 3.76. The normalized spacial score (nSPS) is 24.9. The van der Waals surface area contributed by atoms with Gasteiger partial charge in [-0.15, -0.1) is 0 Å². The van der Waals surface area contributed by atoms with Gasteiger partial charge in [0.25, 0.3) is 10.2 Å². The number of fused-ring (bicyclic) bond motifs is 2. The first-order valence-electron chi connectivity index (χ1n) is 8.42. The molecule has 2 atom stereocenters. The van der Waals surface area contributed by atoms with Crippen molar-refractivity contribution in [1.82, 2.24) is 13.5 Å². The van der Waals surface area contributed by atoms with Crippen molar-refractivity contribution in [2.24, 2.45) is 5.92 Å². The maximum atomic E-state index is 13.2. The van der Waals surface area contributed by atoms with Gasteiger partial charge in [-0.05, 0) is 44.8 Å². The standard InChI is InChI=1S/C17H27N3O2S/c1-18(2)10-11-19(13-15-6-4-3-5-7-15)23(21,22)20-14-16-8-9-17(20)12-16/h3-7,16-17H,8-14H2,1-2H3. The fourth-order valence-electron chi connectivity index (χ4n) is 3.68. The second-order valence-corrected chi connectivity index (χ2v) is 8.91. The average Bonchev–Trinajstić information content (AvgIpc) is 3.15. The summed E-state index contributed by atoms with van der Waals surface area (Å²) in [5.74, 6) is 0.571. The molecule has 1 aromatic rings. The minimum Gasteiger partial charge on any atom is -0.308 e. The van der Waals surface area contributed by atoms with Crippen LogP contribution in [-0.2, 0) is 16.8 Å². The molecule has 3 rings (SSSR count). The Labute approximate surface area is 140 Å². The first-order valence-corrected chi connectivity index (χ1v) is 9.82. The van der Waals surface area contributed by atoms with E-state index in [0.717, 1.165) is 24.9 Å². The molecular formula is C17H27N3O2S. The summed E-state index contributed by atoms with van der Waals surface area (Å²) in [5.41, 5.74) is 1.04. The molecule has 1 saturated heterocycles. The number of piperidine rings is 1. The van der Waals surface area contributed by atoms with Crippen molar-refractivity contribution in [2.75, 3.05) is 33.7 Å². The Bertz CT molecular complexity index is 618. The van der Waals surface area contributed by atoms with Crippen molar-refractivity contribution in [3.05, 3.63) is 35.9 Å². The van der Waals surface area contributed by atoms with E-state index in [1.807, 2.05) is 49.3 Å². The van der Waals surface area contributed by atoms with E-state index in [9.17, 15) is 8.42 Å². The molecule has 1 heterocycles. The van der Waals surface area contributed by atoms with Crippen LogP contribution < -0.4 is 0 Å². The second kappa shape index (κ2) is 6.89. The minimum absolute atomic E-state index is 0.225. The molecule has 0 radical (unpaired) electrons. The lowest BCUT2D eigenvalue weighted by Crippen LogP contribution is -2.48. The molecule has 2 fully saturated rings. The molecular weight excluding hydrogens is 310 g/mol. The molecule has 0 spiro atoms. The van der Waals surface area contributed by atoms with Gasteiger partial charge in [-0.25, -0.2) is 0 Å². The van der Waals surface area contributed by atoms with E-state index in [1.54, 1.807) is 8.61 Å². The van der Waals surface area contributed by atoms with Crippen LogP contribution in [0.5, 0.6) is 0 Å². The number of rotatable bonds is 7. The van der Waals surface area contributed by atoms with E-state index >= 15 is 0 Å². The van der Waals surface area contributed by atoms with Crippen molar-refractivity contribution in [3.8, 4) is 0 Å². The van der Waals surface area contributed by atoms with Crippen LogP contribution in [-0.4, -0.2) is 61.7 Å². The van der Waals surface area contributed by atoms with E-state index in [4.69, 9.17) is 0 Å². The SMILES string of the molecule is CN(C)CCN(Cc1ccccc1)S(=O)(=O)N1CC2CCC1C2. The van der Waals surface area contributed by atoms with Crippen LogP contribution in [0.25, 0.3) is 0 Å². The van der Waals surface area contributed by atoms with Crippen molar-refractivity contribution in [2.45, 2.75) is 31.8 Å². The summed E-state index contributed by atoms with van der Waals surface area (Å²) in [6.45, 7) is 2.41. The van der Waals surface area contributed by atoms with Gasteiger partial charge < -0.3 is 4.90 Å². The highest BCUT2D eigenvalue weighted by Crippen LogP contribution is 2.39. The van der Waals surface area contributed by atoms with Gasteiger partial charge in [0.05, 0.1) is 0 Å². The van der Waals surface area contributed by atoms with Crippen LogP contribution in [0.15, 0.2) is 30.3 Å². The Morgan fingerprint density at radius 1 is 1.13 bits per heavy atom.